The second-order valence-electron chi connectivity index (χ2n) is 5.69. The lowest BCUT2D eigenvalue weighted by atomic mass is 9.95. The SMILES string of the molecule is COc1cc([N+](=O)[O-])ccc1NC(=O)[C@H](C)OC(=O)[C@H]1CC=CCC1. The van der Waals surface area contributed by atoms with E-state index in [9.17, 15) is 19.7 Å². The highest BCUT2D eigenvalue weighted by Crippen LogP contribution is 2.29. The van der Waals surface area contributed by atoms with Crippen molar-refractivity contribution in [2.24, 2.45) is 5.92 Å². The Kier molecular flexibility index (Phi) is 6.10. The number of carbonyl (C=O) groups is 2. The smallest absolute Gasteiger partial charge is 0.310 e. The van der Waals surface area contributed by atoms with Crippen molar-refractivity contribution in [1.82, 2.24) is 0 Å². The van der Waals surface area contributed by atoms with Crippen LogP contribution in [-0.2, 0) is 14.3 Å². The highest BCUT2D eigenvalue weighted by Gasteiger charge is 2.25. The van der Waals surface area contributed by atoms with E-state index in [-0.39, 0.29) is 23.0 Å². The van der Waals surface area contributed by atoms with Gasteiger partial charge in [-0.05, 0) is 32.3 Å². The summed E-state index contributed by atoms with van der Waals surface area (Å²) in [4.78, 5) is 34.5. The fourth-order valence-corrected chi connectivity index (χ4v) is 2.46. The molecule has 0 spiro atoms. The predicted molar refractivity (Wildman–Crippen MR) is 90.3 cm³/mol. The zero-order valence-corrected chi connectivity index (χ0v) is 14.1. The molecule has 0 heterocycles. The molecule has 0 fully saturated rings. The predicted octanol–water partition coefficient (Wildman–Crippen LogP) is 2.83. The quantitative estimate of drug-likeness (QED) is 0.366. The van der Waals surface area contributed by atoms with Crippen LogP contribution >= 0.6 is 0 Å². The lowest BCUT2D eigenvalue weighted by molar-refractivity contribution is -0.384. The van der Waals surface area contributed by atoms with Gasteiger partial charge in [0.1, 0.15) is 5.75 Å². The Bertz CT molecular complexity index is 700. The lowest BCUT2D eigenvalue weighted by Crippen LogP contribution is -2.32. The number of nitrogens with one attached hydrogen (secondary N) is 1. The van der Waals surface area contributed by atoms with Gasteiger partial charge >= 0.3 is 5.97 Å². The summed E-state index contributed by atoms with van der Waals surface area (Å²) in [5.41, 5.74) is 0.112. The molecule has 1 aromatic carbocycles. The number of non-ortho nitro benzene ring substituents is 1. The van der Waals surface area contributed by atoms with Gasteiger partial charge < -0.3 is 14.8 Å². The van der Waals surface area contributed by atoms with Gasteiger partial charge in [0.05, 0.1) is 29.7 Å². The van der Waals surface area contributed by atoms with Crippen molar-refractivity contribution < 1.29 is 24.0 Å². The number of hydrogen-bond acceptors (Lipinski definition) is 6. The van der Waals surface area contributed by atoms with E-state index in [2.05, 4.69) is 5.32 Å². The van der Waals surface area contributed by atoms with Gasteiger partial charge in [-0.15, -0.1) is 0 Å². The number of benzene rings is 1. The summed E-state index contributed by atoms with van der Waals surface area (Å²) >= 11 is 0. The second-order valence-corrected chi connectivity index (χ2v) is 5.69. The summed E-state index contributed by atoms with van der Waals surface area (Å²) in [6, 6.07) is 3.83. The van der Waals surface area contributed by atoms with Gasteiger partial charge in [0.15, 0.2) is 6.10 Å². The second kappa shape index (κ2) is 8.27. The molecular weight excluding hydrogens is 328 g/mol. The number of carbonyl (C=O) groups excluding carboxylic acids is 2. The summed E-state index contributed by atoms with van der Waals surface area (Å²) in [6.45, 7) is 1.48. The number of esters is 1. The molecule has 0 aliphatic heterocycles. The van der Waals surface area contributed by atoms with Crippen molar-refractivity contribution in [3.63, 3.8) is 0 Å². The number of amides is 1. The first-order valence-electron chi connectivity index (χ1n) is 7.91. The maximum Gasteiger partial charge on any atom is 0.310 e. The first-order valence-corrected chi connectivity index (χ1v) is 7.91. The fraction of sp³-hybridized carbons (Fsp3) is 0.412. The molecule has 2 rings (SSSR count). The molecule has 134 valence electrons. The van der Waals surface area contributed by atoms with Crippen molar-refractivity contribution in [2.45, 2.75) is 32.3 Å². The highest BCUT2D eigenvalue weighted by molar-refractivity contribution is 5.96. The third kappa shape index (κ3) is 4.79. The lowest BCUT2D eigenvalue weighted by Gasteiger charge is -2.20. The Labute approximate surface area is 145 Å². The molecule has 1 aliphatic carbocycles. The van der Waals surface area contributed by atoms with E-state index < -0.39 is 22.9 Å². The maximum atomic E-state index is 12.2. The Morgan fingerprint density at radius 2 is 2.12 bits per heavy atom. The maximum absolute atomic E-state index is 12.2. The molecule has 0 aromatic heterocycles. The number of nitrogens with zero attached hydrogens (tertiary/aromatic N) is 1. The van der Waals surface area contributed by atoms with E-state index in [1.807, 2.05) is 12.2 Å². The number of rotatable bonds is 6. The highest BCUT2D eigenvalue weighted by atomic mass is 16.6. The normalized spacial score (nSPS) is 17.4. The summed E-state index contributed by atoms with van der Waals surface area (Å²) in [5.74, 6) is -1.01. The topological polar surface area (TPSA) is 108 Å². The molecule has 0 unspecified atom stereocenters. The fourth-order valence-electron chi connectivity index (χ4n) is 2.46. The van der Waals surface area contributed by atoms with Crippen molar-refractivity contribution in [3.05, 3.63) is 40.5 Å². The molecule has 0 saturated carbocycles. The molecule has 1 N–H and O–H groups in total. The molecule has 0 saturated heterocycles. The van der Waals surface area contributed by atoms with Crippen LogP contribution in [0.15, 0.2) is 30.4 Å². The number of hydrogen-bond donors (Lipinski definition) is 1. The molecule has 1 amide bonds. The number of methoxy groups -OCH3 is 1. The van der Waals surface area contributed by atoms with E-state index in [0.717, 1.165) is 6.42 Å². The van der Waals surface area contributed by atoms with Crippen LogP contribution in [0.25, 0.3) is 0 Å². The van der Waals surface area contributed by atoms with Crippen LogP contribution in [0.3, 0.4) is 0 Å². The van der Waals surface area contributed by atoms with E-state index in [1.165, 1.54) is 32.2 Å². The Morgan fingerprint density at radius 3 is 2.72 bits per heavy atom. The van der Waals surface area contributed by atoms with Crippen LogP contribution in [0, 0.1) is 16.0 Å². The van der Waals surface area contributed by atoms with Crippen LogP contribution in [0.1, 0.15) is 26.2 Å². The zero-order valence-electron chi connectivity index (χ0n) is 14.1. The molecule has 1 aromatic rings. The van der Waals surface area contributed by atoms with Crippen molar-refractivity contribution >= 4 is 23.3 Å². The van der Waals surface area contributed by atoms with Crippen LogP contribution in [0.2, 0.25) is 0 Å². The van der Waals surface area contributed by atoms with Crippen LogP contribution < -0.4 is 10.1 Å². The average molecular weight is 348 g/mol. The number of ether oxygens (including phenoxy) is 2. The van der Waals surface area contributed by atoms with Gasteiger partial charge in [0.25, 0.3) is 11.6 Å². The van der Waals surface area contributed by atoms with Gasteiger partial charge in [-0.25, -0.2) is 0 Å². The monoisotopic (exact) mass is 348 g/mol. The molecule has 8 nitrogen and oxygen atoms in total. The van der Waals surface area contributed by atoms with Crippen LogP contribution in [0.5, 0.6) is 5.75 Å². The first kappa shape index (κ1) is 18.4. The minimum Gasteiger partial charge on any atom is -0.494 e. The number of nitro benzene ring substituents is 1. The summed E-state index contributed by atoms with van der Waals surface area (Å²) in [5, 5.41) is 13.3. The zero-order chi connectivity index (χ0) is 18.4. The van der Waals surface area contributed by atoms with E-state index in [4.69, 9.17) is 9.47 Å². The number of anilines is 1. The largest absolute Gasteiger partial charge is 0.494 e. The van der Waals surface area contributed by atoms with E-state index in [1.54, 1.807) is 0 Å². The van der Waals surface area contributed by atoms with Gasteiger partial charge in [-0.3, -0.25) is 19.7 Å². The van der Waals surface area contributed by atoms with Crippen LogP contribution in [0.4, 0.5) is 11.4 Å². The standard InChI is InChI=1S/C17H20N2O6/c1-11(25-17(21)12-6-4-3-5-7-12)16(20)18-14-9-8-13(19(22)23)10-15(14)24-2/h3-4,8-12H,5-7H2,1-2H3,(H,18,20)/t11-,12-/m0/s1. The first-order chi connectivity index (χ1) is 11.9. The molecule has 25 heavy (non-hydrogen) atoms. The Hall–Kier alpha value is -2.90. The average Bonchev–Trinajstić information content (AvgIpc) is 2.62. The van der Waals surface area contributed by atoms with Gasteiger partial charge in [0.2, 0.25) is 0 Å². The molecular formula is C17H20N2O6. The van der Waals surface area contributed by atoms with Gasteiger partial charge in [0, 0.05) is 6.07 Å². The van der Waals surface area contributed by atoms with Gasteiger partial charge in [-0.1, -0.05) is 12.2 Å². The molecule has 1 aliphatic rings. The van der Waals surface area contributed by atoms with E-state index in [0.29, 0.717) is 12.8 Å². The number of nitro groups is 1. The number of allylic oxidation sites excluding steroid dienone is 2. The molecule has 0 radical (unpaired) electrons. The Balaban J connectivity index is 1.99. The molecule has 0 bridgehead atoms. The van der Waals surface area contributed by atoms with Crippen LogP contribution in [-0.4, -0.2) is 30.0 Å². The van der Waals surface area contributed by atoms with Crippen molar-refractivity contribution in [2.75, 3.05) is 12.4 Å². The molecule has 8 heteroatoms. The third-order valence-corrected chi connectivity index (χ3v) is 3.92. The Morgan fingerprint density at radius 1 is 1.36 bits per heavy atom. The van der Waals surface area contributed by atoms with Gasteiger partial charge in [-0.2, -0.15) is 0 Å². The summed E-state index contributed by atoms with van der Waals surface area (Å²) < 4.78 is 10.3. The molecule has 2 atom stereocenters. The summed E-state index contributed by atoms with van der Waals surface area (Å²) in [7, 11) is 1.34. The van der Waals surface area contributed by atoms with Crippen molar-refractivity contribution in [3.8, 4) is 5.75 Å². The van der Waals surface area contributed by atoms with Crippen molar-refractivity contribution in [1.29, 1.82) is 0 Å². The minimum atomic E-state index is -0.988. The third-order valence-electron chi connectivity index (χ3n) is 3.92. The minimum absolute atomic E-state index is 0.151. The summed E-state index contributed by atoms with van der Waals surface area (Å²) in [6.07, 6.45) is 5.10. The van der Waals surface area contributed by atoms with E-state index >= 15 is 0 Å².